The zero-order valence-electron chi connectivity index (χ0n) is 19.6. The second-order valence-corrected chi connectivity index (χ2v) is 10.6. The number of halogens is 2. The first-order valence-electron chi connectivity index (χ1n) is 11.4. The van der Waals surface area contributed by atoms with Crippen LogP contribution in [0.5, 0.6) is 0 Å². The van der Waals surface area contributed by atoms with E-state index in [9.17, 15) is 14.4 Å². The molecule has 0 saturated carbocycles. The number of furan rings is 1. The van der Waals surface area contributed by atoms with Gasteiger partial charge in [-0.05, 0) is 66.7 Å². The molecule has 3 amide bonds. The summed E-state index contributed by atoms with van der Waals surface area (Å²) in [4.78, 5) is 41.6. The van der Waals surface area contributed by atoms with Crippen molar-refractivity contribution in [1.82, 2.24) is 4.90 Å². The Bertz CT molecular complexity index is 1550. The molecule has 38 heavy (non-hydrogen) atoms. The summed E-state index contributed by atoms with van der Waals surface area (Å²) in [5.41, 5.74) is 1.69. The Labute approximate surface area is 236 Å². The Morgan fingerprint density at radius 3 is 2.45 bits per heavy atom. The Kier molecular flexibility index (Phi) is 7.69. The lowest BCUT2D eigenvalue weighted by Gasteiger charge is -2.13. The third-order valence-electron chi connectivity index (χ3n) is 5.56. The molecule has 4 aromatic rings. The zero-order chi connectivity index (χ0) is 26.6. The molecular formula is C28H19BrClN3O4S. The molecule has 5 rings (SSSR count). The van der Waals surface area contributed by atoms with E-state index >= 15 is 0 Å². The highest BCUT2D eigenvalue weighted by molar-refractivity contribution is 9.10. The fraction of sp³-hybridized carbons (Fsp3) is 0.0357. The molecule has 7 nitrogen and oxygen atoms in total. The van der Waals surface area contributed by atoms with E-state index in [4.69, 9.17) is 16.0 Å². The van der Waals surface area contributed by atoms with Gasteiger partial charge in [-0.3, -0.25) is 19.3 Å². The first-order valence-corrected chi connectivity index (χ1v) is 13.4. The van der Waals surface area contributed by atoms with Gasteiger partial charge in [-0.15, -0.1) is 0 Å². The lowest BCUT2D eigenvalue weighted by Crippen LogP contribution is -2.31. The monoisotopic (exact) mass is 607 g/mol. The lowest BCUT2D eigenvalue weighted by molar-refractivity contribution is -0.138. The average Bonchev–Trinajstić information content (AvgIpc) is 3.50. The standard InChI is InChI=1S/C28H19BrClN3O4S/c29-17-10-12-18(13-11-17)31-24-25(28(36)33(27(24)35)16-20-6-4-14-37-20)38-21-7-3-5-19(15-21)32-26(34)22-8-1-2-9-23(22)30/h1-15,31H,16H2,(H,32,34). The van der Waals surface area contributed by atoms with Crippen molar-refractivity contribution >= 4 is 68.4 Å². The first kappa shape index (κ1) is 25.8. The number of hydrogen-bond donors (Lipinski definition) is 2. The molecule has 2 N–H and O–H groups in total. The smallest absolute Gasteiger partial charge is 0.278 e. The maximum Gasteiger partial charge on any atom is 0.278 e. The number of rotatable bonds is 8. The van der Waals surface area contributed by atoms with E-state index in [0.29, 0.717) is 32.6 Å². The Balaban J connectivity index is 1.42. The summed E-state index contributed by atoms with van der Waals surface area (Å²) in [5, 5.41) is 6.29. The van der Waals surface area contributed by atoms with Crippen molar-refractivity contribution in [2.24, 2.45) is 0 Å². The molecule has 0 saturated heterocycles. The van der Waals surface area contributed by atoms with Gasteiger partial charge in [-0.1, -0.05) is 57.5 Å². The second kappa shape index (κ2) is 11.3. The van der Waals surface area contributed by atoms with Crippen LogP contribution in [0.3, 0.4) is 0 Å². The molecule has 0 unspecified atom stereocenters. The first-order chi connectivity index (χ1) is 18.4. The van der Waals surface area contributed by atoms with Crippen LogP contribution in [-0.4, -0.2) is 22.6 Å². The predicted octanol–water partition coefficient (Wildman–Crippen LogP) is 6.93. The van der Waals surface area contributed by atoms with Crippen LogP contribution in [0.4, 0.5) is 11.4 Å². The van der Waals surface area contributed by atoms with Gasteiger partial charge in [0, 0.05) is 20.7 Å². The van der Waals surface area contributed by atoms with Gasteiger partial charge in [0.05, 0.1) is 23.4 Å². The van der Waals surface area contributed by atoms with E-state index in [-0.39, 0.29) is 23.1 Å². The van der Waals surface area contributed by atoms with Gasteiger partial charge in [-0.2, -0.15) is 0 Å². The SMILES string of the molecule is O=C(Nc1cccc(SC2=C(Nc3ccc(Br)cc3)C(=O)N(Cc3ccco3)C2=O)c1)c1ccccc1Cl. The van der Waals surface area contributed by atoms with Crippen molar-refractivity contribution < 1.29 is 18.8 Å². The van der Waals surface area contributed by atoms with Crippen molar-refractivity contribution in [2.45, 2.75) is 11.4 Å². The lowest BCUT2D eigenvalue weighted by atomic mass is 10.2. The van der Waals surface area contributed by atoms with Crippen LogP contribution in [-0.2, 0) is 16.1 Å². The molecule has 0 radical (unpaired) electrons. The number of anilines is 2. The second-order valence-electron chi connectivity index (χ2n) is 8.18. The number of benzene rings is 3. The van der Waals surface area contributed by atoms with Crippen LogP contribution < -0.4 is 10.6 Å². The van der Waals surface area contributed by atoms with E-state index in [1.54, 1.807) is 72.8 Å². The predicted molar refractivity (Wildman–Crippen MR) is 151 cm³/mol. The molecule has 1 aliphatic rings. The average molecular weight is 609 g/mol. The van der Waals surface area contributed by atoms with Gasteiger partial charge in [0.1, 0.15) is 16.4 Å². The number of carbonyl (C=O) groups is 3. The Hall–Kier alpha value is -3.79. The summed E-state index contributed by atoms with van der Waals surface area (Å²) >= 11 is 10.7. The van der Waals surface area contributed by atoms with Crippen LogP contribution in [0, 0.1) is 0 Å². The van der Waals surface area contributed by atoms with Crippen LogP contribution in [0.2, 0.25) is 5.02 Å². The normalized spacial score (nSPS) is 13.3. The van der Waals surface area contributed by atoms with Crippen LogP contribution in [0.15, 0.2) is 116 Å². The van der Waals surface area contributed by atoms with Gasteiger partial charge in [0.25, 0.3) is 17.7 Å². The highest BCUT2D eigenvalue weighted by Gasteiger charge is 2.39. The minimum Gasteiger partial charge on any atom is -0.467 e. The number of thioether (sulfide) groups is 1. The molecule has 0 aliphatic carbocycles. The van der Waals surface area contributed by atoms with E-state index < -0.39 is 11.8 Å². The number of amides is 3. The summed E-state index contributed by atoms with van der Waals surface area (Å²) in [6.45, 7) is 0.00811. The molecule has 0 bridgehead atoms. The Morgan fingerprint density at radius 1 is 0.921 bits per heavy atom. The summed E-state index contributed by atoms with van der Waals surface area (Å²) in [7, 11) is 0. The minimum absolute atomic E-state index is 0.00811. The van der Waals surface area contributed by atoms with E-state index in [0.717, 1.165) is 21.1 Å². The van der Waals surface area contributed by atoms with Crippen molar-refractivity contribution in [3.05, 3.63) is 123 Å². The molecule has 1 aliphatic heterocycles. The van der Waals surface area contributed by atoms with Crippen LogP contribution in [0.1, 0.15) is 16.1 Å². The number of nitrogens with zero attached hydrogens (tertiary/aromatic N) is 1. The molecule has 2 heterocycles. The van der Waals surface area contributed by atoms with Crippen molar-refractivity contribution in [3.8, 4) is 0 Å². The van der Waals surface area contributed by atoms with Gasteiger partial charge >= 0.3 is 0 Å². The van der Waals surface area contributed by atoms with Crippen LogP contribution in [0.25, 0.3) is 0 Å². The third kappa shape index (κ3) is 5.70. The molecule has 0 atom stereocenters. The number of hydrogen-bond acceptors (Lipinski definition) is 6. The molecule has 3 aromatic carbocycles. The summed E-state index contributed by atoms with van der Waals surface area (Å²) in [6.07, 6.45) is 1.49. The van der Waals surface area contributed by atoms with Crippen molar-refractivity contribution in [3.63, 3.8) is 0 Å². The van der Waals surface area contributed by atoms with Gasteiger partial charge in [0.15, 0.2) is 0 Å². The van der Waals surface area contributed by atoms with Gasteiger partial charge in [-0.25, -0.2) is 0 Å². The fourth-order valence-corrected chi connectivity index (χ4v) is 5.23. The van der Waals surface area contributed by atoms with Gasteiger partial charge < -0.3 is 15.1 Å². The van der Waals surface area contributed by atoms with Crippen molar-refractivity contribution in [1.29, 1.82) is 0 Å². The third-order valence-corrected chi connectivity index (χ3v) is 7.49. The van der Waals surface area contributed by atoms with E-state index in [2.05, 4.69) is 26.6 Å². The van der Waals surface area contributed by atoms with E-state index in [1.165, 1.54) is 6.26 Å². The summed E-state index contributed by atoms with van der Waals surface area (Å²) in [5.74, 6) is -0.766. The van der Waals surface area contributed by atoms with Gasteiger partial charge in [0.2, 0.25) is 0 Å². The molecular weight excluding hydrogens is 590 g/mol. The highest BCUT2D eigenvalue weighted by atomic mass is 79.9. The molecule has 10 heteroatoms. The van der Waals surface area contributed by atoms with E-state index in [1.807, 2.05) is 12.1 Å². The number of carbonyl (C=O) groups excluding carboxylic acids is 3. The molecule has 0 fully saturated rings. The van der Waals surface area contributed by atoms with Crippen LogP contribution >= 0.6 is 39.3 Å². The molecule has 0 spiro atoms. The number of nitrogens with one attached hydrogen (secondary N) is 2. The zero-order valence-corrected chi connectivity index (χ0v) is 22.8. The quantitative estimate of drug-likeness (QED) is 0.211. The summed E-state index contributed by atoms with van der Waals surface area (Å²) in [6, 6.07) is 24.5. The molecule has 190 valence electrons. The number of imide groups is 1. The molecule has 1 aromatic heterocycles. The highest BCUT2D eigenvalue weighted by Crippen LogP contribution is 2.37. The van der Waals surface area contributed by atoms with Crippen molar-refractivity contribution in [2.75, 3.05) is 10.6 Å². The summed E-state index contributed by atoms with van der Waals surface area (Å²) < 4.78 is 6.25. The maximum atomic E-state index is 13.4. The topological polar surface area (TPSA) is 91.7 Å². The maximum absolute atomic E-state index is 13.4. The minimum atomic E-state index is -0.458. The Morgan fingerprint density at radius 2 is 1.71 bits per heavy atom. The fourth-order valence-electron chi connectivity index (χ4n) is 3.74. The largest absolute Gasteiger partial charge is 0.467 e.